The van der Waals surface area contributed by atoms with Crippen LogP contribution < -0.4 is 0 Å². The Morgan fingerprint density at radius 1 is 0.400 bits per heavy atom. The summed E-state index contributed by atoms with van der Waals surface area (Å²) >= 11 is 1.73. The van der Waals surface area contributed by atoms with Gasteiger partial charge in [-0.2, -0.15) is 0 Å². The molecule has 234 valence electrons. The summed E-state index contributed by atoms with van der Waals surface area (Å²) in [6, 6.07) is 42.3. The molecule has 10 rings (SSSR count). The molecule has 10 aromatic rings. The van der Waals surface area contributed by atoms with Gasteiger partial charge in [-0.25, -0.2) is 15.0 Å². The number of para-hydroxylation sites is 2. The Balaban J connectivity index is 1.21. The van der Waals surface area contributed by atoms with Crippen molar-refractivity contribution in [2.75, 3.05) is 0 Å². The Morgan fingerprint density at radius 2 is 0.900 bits per heavy atom. The lowest BCUT2D eigenvalue weighted by Gasteiger charge is -2.09. The van der Waals surface area contributed by atoms with Gasteiger partial charge in [0.1, 0.15) is 11.2 Å². The average molecular weight is 663 g/mol. The highest BCUT2D eigenvalue weighted by atomic mass is 32.1. The van der Waals surface area contributed by atoms with E-state index in [4.69, 9.17) is 26.2 Å². The number of rotatable bonds is 5. The van der Waals surface area contributed by atoms with Gasteiger partial charge in [0, 0.05) is 47.6 Å². The molecular weight excluding hydrogens is 631 g/mol. The Labute approximate surface area is 299 Å². The molecule has 0 radical (unpaired) electrons. The third-order valence-electron chi connectivity index (χ3n) is 9.05. The quantitative estimate of drug-likeness (QED) is 0.184. The normalized spacial score (nSPS) is 13.0. The monoisotopic (exact) mass is 662 g/mol. The predicted molar refractivity (Wildman–Crippen MR) is 207 cm³/mol. The van der Waals surface area contributed by atoms with E-state index in [9.17, 15) is 0 Å². The van der Waals surface area contributed by atoms with Crippen LogP contribution in [0.4, 0.5) is 0 Å². The Hall–Kier alpha value is -6.43. The lowest BCUT2D eigenvalue weighted by atomic mass is 10.0. The fraction of sp³-hybridized carbons (Fsp3) is 0. The summed E-state index contributed by atoms with van der Waals surface area (Å²) in [5, 5.41) is 3.81. The molecule has 0 spiro atoms. The fourth-order valence-corrected chi connectivity index (χ4v) is 8.10. The largest absolute Gasteiger partial charge is 0.455 e. The van der Waals surface area contributed by atoms with Gasteiger partial charge in [0.15, 0.2) is 17.5 Å². The minimum atomic E-state index is -0.444. The van der Waals surface area contributed by atoms with Gasteiger partial charge in [-0.1, -0.05) is 152 Å². The molecule has 4 nitrogen and oxygen atoms in total. The summed E-state index contributed by atoms with van der Waals surface area (Å²) in [5.41, 5.74) is 6.10. The van der Waals surface area contributed by atoms with Gasteiger partial charge in [0.25, 0.3) is 0 Å². The Morgan fingerprint density at radius 3 is 1.58 bits per heavy atom. The second kappa shape index (κ2) is 11.6. The molecule has 50 heavy (non-hydrogen) atoms. The second-order valence-corrected chi connectivity index (χ2v) is 13.0. The summed E-state index contributed by atoms with van der Waals surface area (Å²) in [6.45, 7) is 0. The van der Waals surface area contributed by atoms with Crippen LogP contribution in [0.2, 0.25) is 0 Å². The minimum Gasteiger partial charge on any atom is -0.455 e. The zero-order valence-electron chi connectivity index (χ0n) is 31.4. The van der Waals surface area contributed by atoms with Crippen LogP contribution in [0.1, 0.15) is 6.85 Å². The van der Waals surface area contributed by atoms with Crippen LogP contribution in [0.3, 0.4) is 0 Å². The van der Waals surface area contributed by atoms with Crippen molar-refractivity contribution >= 4 is 53.4 Å². The molecular formula is C45H27N3OS. The van der Waals surface area contributed by atoms with Gasteiger partial charge in [0.2, 0.25) is 0 Å². The van der Waals surface area contributed by atoms with Crippen LogP contribution in [0.15, 0.2) is 168 Å². The summed E-state index contributed by atoms with van der Waals surface area (Å²) in [5.74, 6) is 1.45. The molecule has 0 unspecified atom stereocenters. The van der Waals surface area contributed by atoms with E-state index in [1.54, 1.807) is 17.4 Å². The van der Waals surface area contributed by atoms with Crippen molar-refractivity contribution in [1.29, 1.82) is 0 Å². The number of fused-ring (bicyclic) bond motifs is 6. The molecule has 5 heteroatoms. The summed E-state index contributed by atoms with van der Waals surface area (Å²) in [7, 11) is 0. The molecule has 0 amide bonds. The summed E-state index contributed by atoms with van der Waals surface area (Å²) in [6.07, 6.45) is 0. The maximum Gasteiger partial charge on any atom is 0.167 e. The molecule has 3 heterocycles. The molecule has 0 saturated carbocycles. The van der Waals surface area contributed by atoms with Crippen molar-refractivity contribution in [3.63, 3.8) is 0 Å². The number of benzene rings is 7. The fourth-order valence-electron chi connectivity index (χ4n) is 6.75. The molecule has 0 aliphatic rings. The maximum absolute atomic E-state index is 8.68. The molecule has 0 aliphatic carbocycles. The second-order valence-electron chi connectivity index (χ2n) is 12.0. The lowest BCUT2D eigenvalue weighted by molar-refractivity contribution is 0.670. The van der Waals surface area contributed by atoms with E-state index >= 15 is 0 Å². The first-order valence-electron chi connectivity index (χ1n) is 18.7. The first-order valence-corrected chi connectivity index (χ1v) is 17.0. The predicted octanol–water partition coefficient (Wildman–Crippen LogP) is 12.5. The number of nitrogens with zero attached hydrogens (tertiary/aromatic N) is 3. The van der Waals surface area contributed by atoms with Crippen molar-refractivity contribution in [3.05, 3.63) is 164 Å². The third kappa shape index (κ3) is 4.63. The van der Waals surface area contributed by atoms with Crippen molar-refractivity contribution in [2.45, 2.75) is 0 Å². The number of hydrogen-bond acceptors (Lipinski definition) is 5. The lowest BCUT2D eigenvalue weighted by Crippen LogP contribution is -2.00. The van der Waals surface area contributed by atoms with E-state index < -0.39 is 18.1 Å². The third-order valence-corrected chi connectivity index (χ3v) is 10.3. The zero-order chi connectivity index (χ0) is 37.4. The van der Waals surface area contributed by atoms with Gasteiger partial charge >= 0.3 is 0 Å². The summed E-state index contributed by atoms with van der Waals surface area (Å²) in [4.78, 5) is 15.3. The van der Waals surface area contributed by atoms with Crippen molar-refractivity contribution in [1.82, 2.24) is 15.0 Å². The average Bonchev–Trinajstić information content (AvgIpc) is 3.82. The molecule has 0 saturated heterocycles. The highest BCUT2D eigenvalue weighted by molar-refractivity contribution is 7.26. The highest BCUT2D eigenvalue weighted by Crippen LogP contribution is 2.44. The van der Waals surface area contributed by atoms with E-state index in [1.807, 2.05) is 72.8 Å². The van der Waals surface area contributed by atoms with Crippen LogP contribution in [-0.2, 0) is 0 Å². The van der Waals surface area contributed by atoms with E-state index in [2.05, 4.69) is 54.6 Å². The summed E-state index contributed by atoms with van der Waals surface area (Å²) < 4.78 is 51.0. The molecule has 7 aromatic carbocycles. The molecule has 0 fully saturated rings. The van der Waals surface area contributed by atoms with Crippen LogP contribution in [-0.4, -0.2) is 15.0 Å². The van der Waals surface area contributed by atoms with Crippen molar-refractivity contribution in [2.24, 2.45) is 0 Å². The first kappa shape index (κ1) is 23.8. The van der Waals surface area contributed by atoms with Crippen LogP contribution >= 0.6 is 11.3 Å². The molecule has 0 N–H and O–H groups in total. The molecule has 0 bridgehead atoms. The SMILES string of the molecule is [2H]c1c([2H])c([2H])c(-c2cccc3c2oc2c(-c4nc(-c5ccccc5)nc(-c5cccc6c5sc5c(-c7ccccc7)cccc56)n4)cccc23)c([2H])c1[2H]. The van der Waals surface area contributed by atoms with Gasteiger partial charge in [0.05, 0.1) is 12.4 Å². The van der Waals surface area contributed by atoms with Gasteiger partial charge in [-0.3, -0.25) is 0 Å². The Kier molecular flexibility index (Phi) is 5.54. The Bertz CT molecular complexity index is 3130. The smallest absolute Gasteiger partial charge is 0.167 e. The van der Waals surface area contributed by atoms with Gasteiger partial charge in [-0.05, 0) is 28.8 Å². The molecule has 0 atom stereocenters. The van der Waals surface area contributed by atoms with E-state index in [1.165, 1.54) is 15.6 Å². The van der Waals surface area contributed by atoms with Gasteiger partial charge < -0.3 is 4.42 Å². The first-order chi connectivity index (χ1) is 26.9. The van der Waals surface area contributed by atoms with E-state index in [0.717, 1.165) is 37.5 Å². The highest BCUT2D eigenvalue weighted by Gasteiger charge is 2.21. The standard InChI is InChI=1S/C45H27N3OS/c1-4-14-28(15-5-1)31-20-10-22-33-34-23-12-26-37(40(34)49-39(31)33)44-46-43(30-18-8-3-9-19-30)47-45(48-44)38-27-13-25-36-35-24-11-21-32(41(35)50-42(36)38)29-16-6-2-7-17-29/h1-27H/i1D,4D,5D,14D,15D. The van der Waals surface area contributed by atoms with Crippen molar-refractivity contribution in [3.8, 4) is 56.4 Å². The van der Waals surface area contributed by atoms with Crippen LogP contribution in [0, 0.1) is 0 Å². The topological polar surface area (TPSA) is 51.8 Å². The number of thiophene rings is 1. The molecule has 0 aliphatic heterocycles. The maximum atomic E-state index is 8.68. The zero-order valence-corrected chi connectivity index (χ0v) is 27.2. The van der Waals surface area contributed by atoms with Gasteiger partial charge in [-0.15, -0.1) is 11.3 Å². The van der Waals surface area contributed by atoms with Crippen molar-refractivity contribution < 1.29 is 11.3 Å². The minimum absolute atomic E-state index is 0.0814. The van der Waals surface area contributed by atoms with E-state index in [0.29, 0.717) is 39.8 Å². The number of furan rings is 1. The van der Waals surface area contributed by atoms with Crippen LogP contribution in [0.25, 0.3) is 98.5 Å². The van der Waals surface area contributed by atoms with Crippen LogP contribution in [0.5, 0.6) is 0 Å². The molecule has 3 aromatic heterocycles. The number of hydrogen-bond donors (Lipinski definition) is 0. The van der Waals surface area contributed by atoms with E-state index in [-0.39, 0.29) is 17.6 Å². The number of aromatic nitrogens is 3.